The van der Waals surface area contributed by atoms with Gasteiger partial charge in [-0.15, -0.1) is 13.2 Å². The van der Waals surface area contributed by atoms with Crippen LogP contribution < -0.4 is 4.74 Å². The van der Waals surface area contributed by atoms with Gasteiger partial charge in [0.15, 0.2) is 0 Å². The van der Waals surface area contributed by atoms with Gasteiger partial charge < -0.3 is 9.64 Å². The van der Waals surface area contributed by atoms with Crippen LogP contribution in [-0.4, -0.2) is 35.2 Å². The number of hydrogen-bond acceptors (Lipinski definition) is 4. The van der Waals surface area contributed by atoms with Crippen LogP contribution in [0.5, 0.6) is 5.75 Å². The van der Waals surface area contributed by atoms with E-state index < -0.39 is 6.36 Å². The van der Waals surface area contributed by atoms with Crippen LogP contribution in [0, 0.1) is 17.2 Å². The van der Waals surface area contributed by atoms with Crippen molar-refractivity contribution < 1.29 is 22.7 Å². The third-order valence-electron chi connectivity index (χ3n) is 7.35. The molecule has 0 radical (unpaired) electrons. The van der Waals surface area contributed by atoms with Crippen molar-refractivity contribution in [3.05, 3.63) is 99.1 Å². The fourth-order valence-corrected chi connectivity index (χ4v) is 5.76. The summed E-state index contributed by atoms with van der Waals surface area (Å²) in [6.45, 7) is 3.55. The van der Waals surface area contributed by atoms with Gasteiger partial charge in [-0.05, 0) is 90.9 Å². The molecule has 39 heavy (non-hydrogen) atoms. The summed E-state index contributed by atoms with van der Waals surface area (Å²) in [5, 5.41) is 9.42. The number of nitriles is 1. The number of nitrogens with zero attached hydrogens (tertiary/aromatic N) is 3. The lowest BCUT2D eigenvalue weighted by atomic mass is 9.89. The number of carbonyl (C=O) groups is 1. The number of fused-ring (bicyclic) bond motifs is 1. The summed E-state index contributed by atoms with van der Waals surface area (Å²) < 4.78 is 41.2. The lowest BCUT2D eigenvalue weighted by Crippen LogP contribution is -2.33. The summed E-state index contributed by atoms with van der Waals surface area (Å²) in [4.78, 5) is 17.1. The molecule has 5 nitrogen and oxygen atoms in total. The number of amides is 1. The van der Waals surface area contributed by atoms with E-state index in [1.54, 1.807) is 4.90 Å². The van der Waals surface area contributed by atoms with Crippen molar-refractivity contribution in [3.63, 3.8) is 0 Å². The largest absolute Gasteiger partial charge is 0.573 e. The SMILES string of the molecule is N#Cc1ccc(CN2CCC(Cc3cc(Cl)c4c(c3)CN(Cc3ccc(OC(F)(F)F)cc3)C4=O)CC2)cc1. The van der Waals surface area contributed by atoms with E-state index in [0.29, 0.717) is 34.2 Å². The third kappa shape index (κ3) is 6.73. The molecular weight excluding hydrogens is 527 g/mol. The second-order valence-electron chi connectivity index (χ2n) is 10.2. The molecule has 2 aliphatic heterocycles. The minimum absolute atomic E-state index is 0.173. The van der Waals surface area contributed by atoms with Gasteiger partial charge in [0.1, 0.15) is 5.75 Å². The molecule has 5 rings (SSSR count). The predicted molar refractivity (Wildman–Crippen MR) is 141 cm³/mol. The van der Waals surface area contributed by atoms with Crippen molar-refractivity contribution in [3.8, 4) is 11.8 Å². The van der Waals surface area contributed by atoms with E-state index >= 15 is 0 Å². The van der Waals surface area contributed by atoms with E-state index in [1.165, 1.54) is 29.8 Å². The van der Waals surface area contributed by atoms with Gasteiger partial charge in [-0.1, -0.05) is 41.9 Å². The molecule has 1 amide bonds. The number of likely N-dealkylation sites (tertiary alicyclic amines) is 1. The minimum atomic E-state index is -4.74. The second kappa shape index (κ2) is 11.3. The average Bonchev–Trinajstić information content (AvgIpc) is 3.21. The zero-order valence-corrected chi connectivity index (χ0v) is 21.9. The van der Waals surface area contributed by atoms with E-state index in [2.05, 4.69) is 21.8 Å². The van der Waals surface area contributed by atoms with Crippen LogP contribution in [0.2, 0.25) is 5.02 Å². The molecule has 202 valence electrons. The highest BCUT2D eigenvalue weighted by Crippen LogP contribution is 2.34. The van der Waals surface area contributed by atoms with E-state index in [-0.39, 0.29) is 18.2 Å². The van der Waals surface area contributed by atoms with Gasteiger partial charge in [0.25, 0.3) is 5.91 Å². The average molecular weight is 554 g/mol. The van der Waals surface area contributed by atoms with Crippen molar-refractivity contribution >= 4 is 17.5 Å². The first-order valence-corrected chi connectivity index (χ1v) is 13.2. The molecule has 0 bridgehead atoms. The summed E-state index contributed by atoms with van der Waals surface area (Å²) >= 11 is 6.57. The lowest BCUT2D eigenvalue weighted by Gasteiger charge is -2.32. The number of benzene rings is 3. The topological polar surface area (TPSA) is 56.6 Å². The quantitative estimate of drug-likeness (QED) is 0.326. The summed E-state index contributed by atoms with van der Waals surface area (Å²) in [7, 11) is 0. The Balaban J connectivity index is 1.16. The fraction of sp³-hybridized carbons (Fsp3) is 0.333. The molecule has 1 saturated heterocycles. The zero-order valence-electron chi connectivity index (χ0n) is 21.2. The normalized spacial score (nSPS) is 16.3. The van der Waals surface area contributed by atoms with E-state index in [1.807, 2.05) is 30.3 Å². The Morgan fingerprint density at radius 1 is 0.949 bits per heavy atom. The highest BCUT2D eigenvalue weighted by Gasteiger charge is 2.32. The monoisotopic (exact) mass is 553 g/mol. The number of carbonyl (C=O) groups excluding carboxylic acids is 1. The molecule has 2 aliphatic rings. The number of piperidine rings is 1. The maximum Gasteiger partial charge on any atom is 0.573 e. The van der Waals surface area contributed by atoms with E-state index in [0.717, 1.165) is 50.0 Å². The molecular formula is C30H27ClF3N3O2. The number of halogens is 4. The van der Waals surface area contributed by atoms with Gasteiger partial charge in [-0.2, -0.15) is 5.26 Å². The minimum Gasteiger partial charge on any atom is -0.406 e. The standard InChI is InChI=1S/C30H27ClF3N3O2/c31-27-15-24(13-20-9-11-36(12-10-20)17-22-3-1-21(16-35)2-4-22)14-25-19-37(29(38)28(25)27)18-23-5-7-26(8-6-23)39-30(32,33)34/h1-8,14-15,20H,9-13,17-19H2. The Kier molecular flexibility index (Phi) is 7.83. The van der Waals surface area contributed by atoms with Gasteiger partial charge in [-0.25, -0.2) is 0 Å². The first-order valence-electron chi connectivity index (χ1n) is 12.8. The van der Waals surface area contributed by atoms with Crippen molar-refractivity contribution in [2.75, 3.05) is 13.1 Å². The molecule has 3 aromatic carbocycles. The molecule has 0 aromatic heterocycles. The van der Waals surface area contributed by atoms with Crippen LogP contribution in [-0.2, 0) is 26.1 Å². The van der Waals surface area contributed by atoms with Gasteiger partial charge in [-0.3, -0.25) is 9.69 Å². The third-order valence-corrected chi connectivity index (χ3v) is 7.64. The van der Waals surface area contributed by atoms with Crippen LogP contribution in [0.3, 0.4) is 0 Å². The molecule has 1 fully saturated rings. The summed E-state index contributed by atoms with van der Waals surface area (Å²) in [5.41, 5.74) is 5.09. The highest BCUT2D eigenvalue weighted by molar-refractivity contribution is 6.34. The van der Waals surface area contributed by atoms with Crippen LogP contribution >= 0.6 is 11.6 Å². The maximum atomic E-state index is 13.0. The summed E-state index contributed by atoms with van der Waals surface area (Å²) in [6.07, 6.45) is -1.70. The van der Waals surface area contributed by atoms with Gasteiger partial charge in [0.05, 0.1) is 22.2 Å². The second-order valence-corrected chi connectivity index (χ2v) is 10.6. The molecule has 0 saturated carbocycles. The Hall–Kier alpha value is -3.54. The number of rotatable bonds is 7. The Morgan fingerprint density at radius 3 is 2.23 bits per heavy atom. The Labute approximate surface area is 230 Å². The van der Waals surface area contributed by atoms with Crippen molar-refractivity contribution in [1.82, 2.24) is 9.80 Å². The van der Waals surface area contributed by atoms with E-state index in [4.69, 9.17) is 16.9 Å². The summed E-state index contributed by atoms with van der Waals surface area (Å²) in [5.74, 6) is 0.0605. The van der Waals surface area contributed by atoms with Gasteiger partial charge in [0, 0.05) is 19.6 Å². The van der Waals surface area contributed by atoms with Crippen LogP contribution in [0.1, 0.15) is 51.0 Å². The molecule has 0 spiro atoms. The molecule has 0 N–H and O–H groups in total. The van der Waals surface area contributed by atoms with E-state index in [9.17, 15) is 18.0 Å². The molecule has 0 atom stereocenters. The van der Waals surface area contributed by atoms with Gasteiger partial charge >= 0.3 is 6.36 Å². The molecule has 0 unspecified atom stereocenters. The number of hydrogen-bond donors (Lipinski definition) is 0. The smallest absolute Gasteiger partial charge is 0.406 e. The predicted octanol–water partition coefficient (Wildman–Crippen LogP) is 6.72. The van der Waals surface area contributed by atoms with Crippen LogP contribution in [0.4, 0.5) is 13.2 Å². The molecule has 0 aliphatic carbocycles. The fourth-order valence-electron chi connectivity index (χ4n) is 5.41. The van der Waals surface area contributed by atoms with Crippen LogP contribution in [0.25, 0.3) is 0 Å². The number of ether oxygens (including phenoxy) is 1. The van der Waals surface area contributed by atoms with Crippen LogP contribution in [0.15, 0.2) is 60.7 Å². The molecule has 9 heteroatoms. The lowest BCUT2D eigenvalue weighted by molar-refractivity contribution is -0.274. The zero-order chi connectivity index (χ0) is 27.6. The maximum absolute atomic E-state index is 13.0. The molecule has 2 heterocycles. The first kappa shape index (κ1) is 27.0. The number of alkyl halides is 3. The Morgan fingerprint density at radius 2 is 1.59 bits per heavy atom. The van der Waals surface area contributed by atoms with Gasteiger partial charge in [0.2, 0.25) is 0 Å². The highest BCUT2D eigenvalue weighted by atomic mass is 35.5. The van der Waals surface area contributed by atoms with Crippen molar-refractivity contribution in [1.29, 1.82) is 5.26 Å². The van der Waals surface area contributed by atoms with Crippen molar-refractivity contribution in [2.45, 2.75) is 45.3 Å². The summed E-state index contributed by atoms with van der Waals surface area (Å²) in [6, 6.07) is 19.4. The van der Waals surface area contributed by atoms with Crippen molar-refractivity contribution in [2.24, 2.45) is 5.92 Å². The Bertz CT molecular complexity index is 1380. The first-order chi connectivity index (χ1) is 18.7. The molecule has 3 aromatic rings.